The molecule has 0 radical (unpaired) electrons. The number of halogens is 1. The molecule has 2 unspecified atom stereocenters. The highest BCUT2D eigenvalue weighted by molar-refractivity contribution is 5.84. The lowest BCUT2D eigenvalue weighted by Gasteiger charge is -2.38. The van der Waals surface area contributed by atoms with Crippen molar-refractivity contribution in [3.8, 4) is 0 Å². The summed E-state index contributed by atoms with van der Waals surface area (Å²) in [4.78, 5) is 30.0. The van der Waals surface area contributed by atoms with Crippen molar-refractivity contribution >= 4 is 17.5 Å². The number of benzene rings is 1. The Hall–Kier alpha value is -2.15. The number of anilines is 1. The molecule has 0 aromatic heterocycles. The van der Waals surface area contributed by atoms with E-state index in [1.165, 1.54) is 12.1 Å². The van der Waals surface area contributed by atoms with Gasteiger partial charge in [0.1, 0.15) is 5.82 Å². The average Bonchev–Trinajstić information content (AvgIpc) is 2.92. The summed E-state index contributed by atoms with van der Waals surface area (Å²) in [6.45, 7) is 5.63. The van der Waals surface area contributed by atoms with E-state index in [-0.39, 0.29) is 29.7 Å². The van der Waals surface area contributed by atoms with Crippen molar-refractivity contribution in [2.45, 2.75) is 25.4 Å². The minimum Gasteiger partial charge on any atom is -0.369 e. The number of piperazine rings is 1. The van der Waals surface area contributed by atoms with Crippen LogP contribution in [0, 0.1) is 5.82 Å². The van der Waals surface area contributed by atoms with Crippen molar-refractivity contribution < 1.29 is 14.0 Å². The van der Waals surface area contributed by atoms with Gasteiger partial charge in [0.2, 0.25) is 11.8 Å². The van der Waals surface area contributed by atoms with E-state index < -0.39 is 0 Å². The molecule has 2 aliphatic rings. The Balaban J connectivity index is 1.49. The first-order valence-electron chi connectivity index (χ1n) is 8.73. The van der Waals surface area contributed by atoms with Gasteiger partial charge in [0.15, 0.2) is 0 Å². The molecule has 0 saturated carbocycles. The highest BCUT2D eigenvalue weighted by atomic mass is 19.1. The van der Waals surface area contributed by atoms with E-state index in [0.717, 1.165) is 31.9 Å². The fourth-order valence-electron chi connectivity index (χ4n) is 3.47. The Morgan fingerprint density at radius 2 is 1.84 bits per heavy atom. The normalized spacial score (nSPS) is 23.0. The van der Waals surface area contributed by atoms with Crippen LogP contribution in [0.4, 0.5) is 10.1 Å². The van der Waals surface area contributed by atoms with Crippen LogP contribution >= 0.6 is 0 Å². The van der Waals surface area contributed by atoms with Crippen LogP contribution in [0.5, 0.6) is 0 Å². The number of nitrogens with zero attached hydrogens (tertiary/aromatic N) is 3. The molecule has 2 saturated heterocycles. The summed E-state index contributed by atoms with van der Waals surface area (Å²) in [5.41, 5.74) is 1.01. The average molecular weight is 348 g/mol. The van der Waals surface area contributed by atoms with Gasteiger partial charge in [-0.1, -0.05) is 0 Å². The number of amides is 2. The van der Waals surface area contributed by atoms with Crippen LogP contribution in [0.3, 0.4) is 0 Å². The van der Waals surface area contributed by atoms with E-state index in [9.17, 15) is 14.0 Å². The van der Waals surface area contributed by atoms with Gasteiger partial charge < -0.3 is 15.1 Å². The Labute approximate surface area is 147 Å². The molecule has 1 aromatic rings. The molecule has 2 amide bonds. The number of hydrogen-bond donors (Lipinski definition) is 1. The van der Waals surface area contributed by atoms with Gasteiger partial charge in [-0.2, -0.15) is 0 Å². The summed E-state index contributed by atoms with van der Waals surface area (Å²) in [7, 11) is 1.76. The summed E-state index contributed by atoms with van der Waals surface area (Å²) in [6, 6.07) is 6.20. The second kappa shape index (κ2) is 7.39. The third kappa shape index (κ3) is 4.10. The van der Waals surface area contributed by atoms with Gasteiger partial charge >= 0.3 is 0 Å². The van der Waals surface area contributed by atoms with Gasteiger partial charge in [-0.15, -0.1) is 0 Å². The van der Waals surface area contributed by atoms with Gasteiger partial charge in [-0.25, -0.2) is 4.39 Å². The lowest BCUT2D eigenvalue weighted by Crippen LogP contribution is -2.55. The Kier molecular flexibility index (Phi) is 5.22. The SMILES string of the molecule is CC(C(=O)NC1CC(=O)N(C)C1)N1CCN(c2ccc(F)cc2)CC1. The molecule has 136 valence electrons. The van der Waals surface area contributed by atoms with Gasteiger partial charge in [-0.05, 0) is 31.2 Å². The standard InChI is InChI=1S/C18H25FN4O2/c1-13(18(25)20-15-11-17(24)21(2)12-15)22-7-9-23(10-8-22)16-5-3-14(19)4-6-16/h3-6,13,15H,7-12H2,1-2H3,(H,20,25). The topological polar surface area (TPSA) is 55.9 Å². The van der Waals surface area contributed by atoms with Crippen LogP contribution in [0.25, 0.3) is 0 Å². The summed E-state index contributed by atoms with van der Waals surface area (Å²) >= 11 is 0. The molecule has 2 heterocycles. The van der Waals surface area contributed by atoms with Crippen molar-refractivity contribution in [1.29, 1.82) is 0 Å². The zero-order valence-corrected chi connectivity index (χ0v) is 14.7. The van der Waals surface area contributed by atoms with Gasteiger partial charge in [0.05, 0.1) is 12.1 Å². The summed E-state index contributed by atoms with van der Waals surface area (Å²) in [5, 5.41) is 2.99. The maximum Gasteiger partial charge on any atom is 0.237 e. The minimum atomic E-state index is -0.233. The molecule has 1 N–H and O–H groups in total. The fraction of sp³-hybridized carbons (Fsp3) is 0.556. The van der Waals surface area contributed by atoms with Gasteiger partial charge in [0.25, 0.3) is 0 Å². The minimum absolute atomic E-state index is 0.0247. The second-order valence-electron chi connectivity index (χ2n) is 6.86. The van der Waals surface area contributed by atoms with Crippen molar-refractivity contribution in [1.82, 2.24) is 15.1 Å². The molecule has 1 aromatic carbocycles. The molecule has 25 heavy (non-hydrogen) atoms. The third-order valence-electron chi connectivity index (χ3n) is 5.12. The number of carbonyl (C=O) groups excluding carboxylic acids is 2. The van der Waals surface area contributed by atoms with Crippen molar-refractivity contribution in [3.63, 3.8) is 0 Å². The molecule has 2 fully saturated rings. The predicted octanol–water partition coefficient (Wildman–Crippen LogP) is 0.683. The van der Waals surface area contributed by atoms with Crippen LogP contribution in [0.2, 0.25) is 0 Å². The van der Waals surface area contributed by atoms with Crippen LogP contribution in [-0.4, -0.2) is 73.5 Å². The molecule has 0 aliphatic carbocycles. The van der Waals surface area contributed by atoms with Crippen molar-refractivity contribution in [2.24, 2.45) is 0 Å². The molecule has 0 spiro atoms. The van der Waals surface area contributed by atoms with Crippen molar-refractivity contribution in [2.75, 3.05) is 44.7 Å². The second-order valence-corrected chi connectivity index (χ2v) is 6.86. The lowest BCUT2D eigenvalue weighted by atomic mass is 10.1. The smallest absolute Gasteiger partial charge is 0.237 e. The van der Waals surface area contributed by atoms with E-state index >= 15 is 0 Å². The number of nitrogens with one attached hydrogen (secondary N) is 1. The Morgan fingerprint density at radius 1 is 1.20 bits per heavy atom. The molecule has 0 bridgehead atoms. The quantitative estimate of drug-likeness (QED) is 0.870. The summed E-state index contributed by atoms with van der Waals surface area (Å²) in [5.74, 6) is -0.182. The molecule has 3 rings (SSSR count). The van der Waals surface area contributed by atoms with Crippen molar-refractivity contribution in [3.05, 3.63) is 30.1 Å². The van der Waals surface area contributed by atoms with E-state index in [0.29, 0.717) is 13.0 Å². The number of likely N-dealkylation sites (tertiary alicyclic amines) is 1. The number of likely N-dealkylation sites (N-methyl/N-ethyl adjacent to an activating group) is 1. The van der Waals surface area contributed by atoms with Crippen LogP contribution in [0.15, 0.2) is 24.3 Å². The van der Waals surface area contributed by atoms with E-state index in [2.05, 4.69) is 15.1 Å². The predicted molar refractivity (Wildman–Crippen MR) is 93.8 cm³/mol. The maximum atomic E-state index is 13.0. The maximum absolute atomic E-state index is 13.0. The fourth-order valence-corrected chi connectivity index (χ4v) is 3.47. The molecular weight excluding hydrogens is 323 g/mol. The molecular formula is C18H25FN4O2. The Morgan fingerprint density at radius 3 is 2.40 bits per heavy atom. The van der Waals surface area contributed by atoms with E-state index in [4.69, 9.17) is 0 Å². The zero-order chi connectivity index (χ0) is 18.0. The van der Waals surface area contributed by atoms with Crippen LogP contribution in [0.1, 0.15) is 13.3 Å². The van der Waals surface area contributed by atoms with Crippen LogP contribution < -0.4 is 10.2 Å². The first-order valence-corrected chi connectivity index (χ1v) is 8.73. The van der Waals surface area contributed by atoms with Crippen LogP contribution in [-0.2, 0) is 9.59 Å². The molecule has 2 aliphatic heterocycles. The molecule has 2 atom stereocenters. The highest BCUT2D eigenvalue weighted by Gasteiger charge is 2.31. The first-order chi connectivity index (χ1) is 11.9. The Bertz CT molecular complexity index is 628. The van der Waals surface area contributed by atoms with Gasteiger partial charge in [-0.3, -0.25) is 14.5 Å². The largest absolute Gasteiger partial charge is 0.369 e. The lowest BCUT2D eigenvalue weighted by molar-refractivity contribution is -0.126. The van der Waals surface area contributed by atoms with Gasteiger partial charge in [0, 0.05) is 51.9 Å². The summed E-state index contributed by atoms with van der Waals surface area (Å²) in [6.07, 6.45) is 0.382. The number of carbonyl (C=O) groups is 2. The van der Waals surface area contributed by atoms with E-state index in [1.807, 2.05) is 6.92 Å². The first kappa shape index (κ1) is 17.7. The monoisotopic (exact) mass is 348 g/mol. The third-order valence-corrected chi connectivity index (χ3v) is 5.12. The zero-order valence-electron chi connectivity index (χ0n) is 14.7. The molecule has 7 heteroatoms. The highest BCUT2D eigenvalue weighted by Crippen LogP contribution is 2.18. The number of rotatable bonds is 4. The summed E-state index contributed by atoms with van der Waals surface area (Å²) < 4.78 is 13.0. The van der Waals surface area contributed by atoms with E-state index in [1.54, 1.807) is 24.1 Å². The number of hydrogen-bond acceptors (Lipinski definition) is 4. The molecule has 6 nitrogen and oxygen atoms in total.